The molecular formula is C16H20N2O3. The van der Waals surface area contributed by atoms with Crippen molar-refractivity contribution in [2.24, 2.45) is 0 Å². The van der Waals surface area contributed by atoms with E-state index in [-0.39, 0.29) is 5.41 Å². The van der Waals surface area contributed by atoms with E-state index in [1.165, 1.54) is 12.0 Å². The highest BCUT2D eigenvalue weighted by Gasteiger charge is 2.23. The molecule has 0 amide bonds. The molecule has 0 radical (unpaired) electrons. The molecule has 1 aliphatic heterocycles. The van der Waals surface area contributed by atoms with Crippen LogP contribution in [0.15, 0.2) is 35.3 Å². The van der Waals surface area contributed by atoms with Gasteiger partial charge in [0.25, 0.3) is 0 Å². The first-order valence-electron chi connectivity index (χ1n) is 7.13. The molecule has 0 saturated heterocycles. The average Bonchev–Trinajstić information content (AvgIpc) is 3.00. The van der Waals surface area contributed by atoms with E-state index in [2.05, 4.69) is 36.3 Å². The fourth-order valence-corrected chi connectivity index (χ4v) is 2.39. The van der Waals surface area contributed by atoms with E-state index in [9.17, 15) is 0 Å². The predicted octanol–water partition coefficient (Wildman–Crippen LogP) is 2.51. The topological polar surface area (TPSA) is 56.5 Å². The van der Waals surface area contributed by atoms with Gasteiger partial charge in [0.15, 0.2) is 17.9 Å². The summed E-state index contributed by atoms with van der Waals surface area (Å²) < 4.78 is 16.2. The Labute approximate surface area is 124 Å². The largest absolute Gasteiger partial charge is 0.486 e. The van der Waals surface area contributed by atoms with Crippen molar-refractivity contribution in [3.63, 3.8) is 0 Å². The Kier molecular flexibility index (Phi) is 3.84. The molecule has 0 aliphatic carbocycles. The van der Waals surface area contributed by atoms with Crippen LogP contribution >= 0.6 is 0 Å². The zero-order chi connectivity index (χ0) is 14.7. The van der Waals surface area contributed by atoms with Gasteiger partial charge >= 0.3 is 0 Å². The molecule has 5 heteroatoms. The number of hydrogen-bond donors (Lipinski definition) is 1. The van der Waals surface area contributed by atoms with Crippen LogP contribution in [-0.4, -0.2) is 24.7 Å². The number of hydrogen-bond acceptors (Lipinski definition) is 5. The van der Waals surface area contributed by atoms with Gasteiger partial charge in [0, 0.05) is 18.5 Å². The van der Waals surface area contributed by atoms with E-state index in [0.29, 0.717) is 19.8 Å². The molecule has 1 aromatic heterocycles. The zero-order valence-corrected chi connectivity index (χ0v) is 12.4. The number of aromatic nitrogens is 1. The monoisotopic (exact) mass is 288 g/mol. The maximum atomic E-state index is 5.65. The van der Waals surface area contributed by atoms with Crippen LogP contribution in [0.1, 0.15) is 25.1 Å². The van der Waals surface area contributed by atoms with Crippen LogP contribution in [0.5, 0.6) is 11.5 Å². The van der Waals surface area contributed by atoms with Crippen molar-refractivity contribution in [1.29, 1.82) is 0 Å². The van der Waals surface area contributed by atoms with Crippen molar-refractivity contribution in [3.05, 3.63) is 42.1 Å². The summed E-state index contributed by atoms with van der Waals surface area (Å²) in [7, 11) is 0. The molecule has 0 spiro atoms. The summed E-state index contributed by atoms with van der Waals surface area (Å²) in [5.41, 5.74) is 2.12. The van der Waals surface area contributed by atoms with E-state index in [1.54, 1.807) is 6.26 Å². The zero-order valence-electron chi connectivity index (χ0n) is 12.4. The smallest absolute Gasteiger partial charge is 0.180 e. The molecule has 112 valence electrons. The third kappa shape index (κ3) is 3.19. The van der Waals surface area contributed by atoms with Crippen LogP contribution < -0.4 is 14.8 Å². The number of oxazole rings is 1. The first-order chi connectivity index (χ1) is 10.1. The van der Waals surface area contributed by atoms with Crippen LogP contribution in [-0.2, 0) is 12.0 Å². The lowest BCUT2D eigenvalue weighted by molar-refractivity contribution is 0.171. The third-order valence-electron chi connectivity index (χ3n) is 3.68. The van der Waals surface area contributed by atoms with Crippen LogP contribution in [0.3, 0.4) is 0 Å². The number of nitrogens with zero attached hydrogens (tertiary/aromatic N) is 1. The molecule has 1 aromatic carbocycles. The molecular weight excluding hydrogens is 268 g/mol. The van der Waals surface area contributed by atoms with Crippen molar-refractivity contribution in [2.45, 2.75) is 25.8 Å². The number of nitrogens with one attached hydrogen (secondary N) is 1. The predicted molar refractivity (Wildman–Crippen MR) is 78.7 cm³/mol. The van der Waals surface area contributed by atoms with E-state index < -0.39 is 0 Å². The summed E-state index contributed by atoms with van der Waals surface area (Å²) in [6.45, 7) is 7.17. The number of ether oxygens (including phenoxy) is 2. The molecule has 0 fully saturated rings. The minimum absolute atomic E-state index is 0.0143. The summed E-state index contributed by atoms with van der Waals surface area (Å²) in [4.78, 5) is 4.10. The van der Waals surface area contributed by atoms with Crippen LogP contribution in [0.25, 0.3) is 0 Å². The molecule has 1 N–H and O–H groups in total. The van der Waals surface area contributed by atoms with Gasteiger partial charge in [-0.05, 0) is 17.7 Å². The highest BCUT2D eigenvalue weighted by atomic mass is 16.6. The number of benzene rings is 1. The number of fused-ring (bicyclic) bond motifs is 1. The van der Waals surface area contributed by atoms with Gasteiger partial charge in [-0.2, -0.15) is 0 Å². The Balaban J connectivity index is 1.66. The molecule has 2 heterocycles. The standard InChI is InChI=1S/C16H20N2O3/c1-16(2,10-17-8-13-9-19-11-18-13)12-3-4-14-15(7-12)21-6-5-20-14/h3-4,7,9,11,17H,5-6,8,10H2,1-2H3. The number of rotatable bonds is 5. The quantitative estimate of drug-likeness (QED) is 0.916. The van der Waals surface area contributed by atoms with E-state index in [1.807, 2.05) is 6.07 Å². The summed E-state index contributed by atoms with van der Waals surface area (Å²) in [6.07, 6.45) is 3.10. The van der Waals surface area contributed by atoms with Gasteiger partial charge in [-0.1, -0.05) is 19.9 Å². The van der Waals surface area contributed by atoms with E-state index in [0.717, 1.165) is 23.7 Å². The lowest BCUT2D eigenvalue weighted by Gasteiger charge is -2.27. The molecule has 5 nitrogen and oxygen atoms in total. The molecule has 0 bridgehead atoms. The minimum Gasteiger partial charge on any atom is -0.486 e. The van der Waals surface area contributed by atoms with E-state index in [4.69, 9.17) is 13.9 Å². The average molecular weight is 288 g/mol. The van der Waals surface area contributed by atoms with Crippen molar-refractivity contribution in [1.82, 2.24) is 10.3 Å². The van der Waals surface area contributed by atoms with Crippen LogP contribution in [0.4, 0.5) is 0 Å². The van der Waals surface area contributed by atoms with Gasteiger partial charge in [-0.3, -0.25) is 0 Å². The summed E-state index contributed by atoms with van der Waals surface area (Å²) in [5, 5.41) is 3.41. The van der Waals surface area contributed by atoms with Gasteiger partial charge < -0.3 is 19.2 Å². The van der Waals surface area contributed by atoms with Crippen LogP contribution in [0, 0.1) is 0 Å². The molecule has 0 atom stereocenters. The first-order valence-corrected chi connectivity index (χ1v) is 7.13. The second kappa shape index (κ2) is 5.77. The molecule has 0 unspecified atom stereocenters. The Morgan fingerprint density at radius 2 is 2.00 bits per heavy atom. The summed E-state index contributed by atoms with van der Waals surface area (Å²) in [5.74, 6) is 1.67. The fraction of sp³-hybridized carbons (Fsp3) is 0.438. The van der Waals surface area contributed by atoms with Crippen LogP contribution in [0.2, 0.25) is 0 Å². The Bertz CT molecular complexity index is 594. The summed E-state index contributed by atoms with van der Waals surface area (Å²) >= 11 is 0. The fourth-order valence-electron chi connectivity index (χ4n) is 2.39. The third-order valence-corrected chi connectivity index (χ3v) is 3.68. The maximum absolute atomic E-state index is 5.65. The SMILES string of the molecule is CC(C)(CNCc1cocn1)c1ccc2c(c1)OCCO2. The second-order valence-corrected chi connectivity index (χ2v) is 5.83. The second-order valence-electron chi connectivity index (χ2n) is 5.83. The lowest BCUT2D eigenvalue weighted by Crippen LogP contribution is -2.32. The van der Waals surface area contributed by atoms with Crippen molar-refractivity contribution in [2.75, 3.05) is 19.8 Å². The molecule has 0 saturated carbocycles. The van der Waals surface area contributed by atoms with Gasteiger partial charge in [-0.25, -0.2) is 4.98 Å². The molecule has 21 heavy (non-hydrogen) atoms. The molecule has 1 aliphatic rings. The normalized spacial score (nSPS) is 14.2. The molecule has 3 rings (SSSR count). The Morgan fingerprint density at radius 1 is 1.19 bits per heavy atom. The Morgan fingerprint density at radius 3 is 2.76 bits per heavy atom. The highest BCUT2D eigenvalue weighted by Crippen LogP contribution is 2.34. The van der Waals surface area contributed by atoms with Gasteiger partial charge in [0.2, 0.25) is 0 Å². The van der Waals surface area contributed by atoms with Gasteiger partial charge in [0.05, 0.1) is 5.69 Å². The minimum atomic E-state index is -0.0143. The Hall–Kier alpha value is -2.01. The lowest BCUT2D eigenvalue weighted by atomic mass is 9.84. The highest BCUT2D eigenvalue weighted by molar-refractivity contribution is 5.45. The summed E-state index contributed by atoms with van der Waals surface area (Å²) in [6, 6.07) is 6.17. The van der Waals surface area contributed by atoms with E-state index >= 15 is 0 Å². The van der Waals surface area contributed by atoms with Gasteiger partial charge in [0.1, 0.15) is 19.5 Å². The maximum Gasteiger partial charge on any atom is 0.180 e. The van der Waals surface area contributed by atoms with Crippen molar-refractivity contribution >= 4 is 0 Å². The van der Waals surface area contributed by atoms with Crippen molar-refractivity contribution in [3.8, 4) is 11.5 Å². The molecule has 2 aromatic rings. The van der Waals surface area contributed by atoms with Gasteiger partial charge in [-0.15, -0.1) is 0 Å². The van der Waals surface area contributed by atoms with Crippen molar-refractivity contribution < 1.29 is 13.9 Å². The first kappa shape index (κ1) is 13.9.